The maximum atomic E-state index is 3.74. The van der Waals surface area contributed by atoms with E-state index in [1.807, 2.05) is 11.3 Å². The fraction of sp³-hybridized carbons (Fsp3) is 0.733. The predicted octanol–water partition coefficient (Wildman–Crippen LogP) is 2.90. The molecule has 2 unspecified atom stereocenters. The first-order chi connectivity index (χ1) is 8.85. The molecule has 2 fully saturated rings. The van der Waals surface area contributed by atoms with Crippen molar-refractivity contribution in [3.8, 4) is 0 Å². The van der Waals surface area contributed by atoms with E-state index in [0.717, 1.165) is 18.1 Å². The van der Waals surface area contributed by atoms with Gasteiger partial charge < -0.3 is 10.2 Å². The average Bonchev–Trinajstić information content (AvgIpc) is 3.00. The Bertz CT molecular complexity index is 351. The van der Waals surface area contributed by atoms with E-state index in [1.165, 1.54) is 50.8 Å². The van der Waals surface area contributed by atoms with Gasteiger partial charge >= 0.3 is 0 Å². The van der Waals surface area contributed by atoms with Crippen molar-refractivity contribution in [2.24, 2.45) is 0 Å². The lowest BCUT2D eigenvalue weighted by Crippen LogP contribution is -2.48. The van der Waals surface area contributed by atoms with Crippen LogP contribution in [0.25, 0.3) is 0 Å². The third kappa shape index (κ3) is 2.79. The molecule has 1 N–H and O–H groups in total. The number of fused-ring (bicyclic) bond motifs is 2. The topological polar surface area (TPSA) is 15.3 Å². The quantitative estimate of drug-likeness (QED) is 0.880. The number of hydrogen-bond donors (Lipinski definition) is 1. The molecule has 100 valence electrons. The fourth-order valence-electron chi connectivity index (χ4n) is 3.63. The van der Waals surface area contributed by atoms with Gasteiger partial charge in [-0.3, -0.25) is 0 Å². The number of nitrogens with one attached hydrogen (secondary N) is 1. The minimum absolute atomic E-state index is 0.809. The van der Waals surface area contributed by atoms with Gasteiger partial charge in [-0.15, -0.1) is 0 Å². The number of rotatable bonds is 5. The lowest BCUT2D eigenvalue weighted by atomic mass is 9.98. The van der Waals surface area contributed by atoms with Crippen LogP contribution in [0.4, 0.5) is 0 Å². The van der Waals surface area contributed by atoms with Crippen LogP contribution < -0.4 is 5.32 Å². The first kappa shape index (κ1) is 12.6. The second-order valence-corrected chi connectivity index (χ2v) is 6.55. The molecule has 1 aromatic heterocycles. The lowest BCUT2D eigenvalue weighted by Gasteiger charge is -2.37. The van der Waals surface area contributed by atoms with E-state index in [0.29, 0.717) is 0 Å². The van der Waals surface area contributed by atoms with E-state index in [4.69, 9.17) is 0 Å². The molecule has 3 heterocycles. The standard InChI is InChI=1S/C15H24N2S/c1-2-17(7-5-12-6-8-18-11-12)15-9-13-3-4-14(10-15)16-13/h6,8,11,13-16H,2-5,7,9-10H2,1H3. The highest BCUT2D eigenvalue weighted by molar-refractivity contribution is 7.07. The van der Waals surface area contributed by atoms with E-state index in [-0.39, 0.29) is 0 Å². The van der Waals surface area contributed by atoms with Crippen LogP contribution in [0.1, 0.15) is 38.2 Å². The summed E-state index contributed by atoms with van der Waals surface area (Å²) in [6.45, 7) is 4.75. The molecule has 2 aliphatic rings. The summed E-state index contributed by atoms with van der Waals surface area (Å²) in [5.41, 5.74) is 1.51. The Kier molecular flexibility index (Phi) is 4.02. The molecule has 0 aliphatic carbocycles. The van der Waals surface area contributed by atoms with Crippen molar-refractivity contribution in [1.29, 1.82) is 0 Å². The van der Waals surface area contributed by atoms with Crippen molar-refractivity contribution in [3.63, 3.8) is 0 Å². The van der Waals surface area contributed by atoms with Gasteiger partial charge in [-0.05, 0) is 61.0 Å². The molecule has 3 rings (SSSR count). The molecule has 3 heteroatoms. The van der Waals surface area contributed by atoms with Crippen LogP contribution in [0.3, 0.4) is 0 Å². The highest BCUT2D eigenvalue weighted by Gasteiger charge is 2.35. The van der Waals surface area contributed by atoms with E-state index in [9.17, 15) is 0 Å². The Morgan fingerprint density at radius 3 is 2.72 bits per heavy atom. The maximum Gasteiger partial charge on any atom is 0.0125 e. The summed E-state index contributed by atoms with van der Waals surface area (Å²) in [7, 11) is 0. The number of piperidine rings is 1. The summed E-state index contributed by atoms with van der Waals surface area (Å²) >= 11 is 1.82. The van der Waals surface area contributed by atoms with Gasteiger partial charge in [0.2, 0.25) is 0 Å². The zero-order chi connectivity index (χ0) is 12.4. The molecule has 18 heavy (non-hydrogen) atoms. The zero-order valence-corrected chi connectivity index (χ0v) is 12.1. The highest BCUT2D eigenvalue weighted by Crippen LogP contribution is 2.29. The average molecular weight is 264 g/mol. The smallest absolute Gasteiger partial charge is 0.0125 e. The SMILES string of the molecule is CCN(CCc1ccsc1)C1CC2CCC(C1)N2. The van der Waals surface area contributed by atoms with E-state index >= 15 is 0 Å². The number of likely N-dealkylation sites (N-methyl/N-ethyl adjacent to an activating group) is 1. The Morgan fingerprint density at radius 1 is 1.33 bits per heavy atom. The molecule has 2 bridgehead atoms. The van der Waals surface area contributed by atoms with Crippen molar-refractivity contribution >= 4 is 11.3 Å². The zero-order valence-electron chi connectivity index (χ0n) is 11.3. The van der Waals surface area contributed by atoms with Gasteiger partial charge in [0.15, 0.2) is 0 Å². The third-order valence-electron chi connectivity index (χ3n) is 4.64. The first-order valence-electron chi connectivity index (χ1n) is 7.36. The van der Waals surface area contributed by atoms with Gasteiger partial charge in [-0.2, -0.15) is 11.3 Å². The van der Waals surface area contributed by atoms with Gasteiger partial charge in [0.25, 0.3) is 0 Å². The van der Waals surface area contributed by atoms with Crippen LogP contribution in [-0.2, 0) is 6.42 Å². The first-order valence-corrected chi connectivity index (χ1v) is 8.30. The van der Waals surface area contributed by atoms with Crippen molar-refractivity contribution < 1.29 is 0 Å². The van der Waals surface area contributed by atoms with E-state index < -0.39 is 0 Å². The maximum absolute atomic E-state index is 3.74. The highest BCUT2D eigenvalue weighted by atomic mass is 32.1. The number of nitrogens with zero attached hydrogens (tertiary/aromatic N) is 1. The molecule has 0 aromatic carbocycles. The van der Waals surface area contributed by atoms with E-state index in [2.05, 4.69) is 34.0 Å². The Morgan fingerprint density at radius 2 is 2.11 bits per heavy atom. The molecular formula is C15H24N2S. The molecule has 2 aliphatic heterocycles. The van der Waals surface area contributed by atoms with Gasteiger partial charge in [0, 0.05) is 24.7 Å². The lowest BCUT2D eigenvalue weighted by molar-refractivity contribution is 0.149. The summed E-state index contributed by atoms with van der Waals surface area (Å²) in [5.74, 6) is 0. The van der Waals surface area contributed by atoms with Gasteiger partial charge in [-0.1, -0.05) is 6.92 Å². The fourth-order valence-corrected chi connectivity index (χ4v) is 4.34. The van der Waals surface area contributed by atoms with Crippen LogP contribution in [0.15, 0.2) is 16.8 Å². The molecule has 2 nitrogen and oxygen atoms in total. The normalized spacial score (nSPS) is 31.1. The van der Waals surface area contributed by atoms with Crippen molar-refractivity contribution in [2.75, 3.05) is 13.1 Å². The van der Waals surface area contributed by atoms with Gasteiger partial charge in [0.05, 0.1) is 0 Å². The van der Waals surface area contributed by atoms with Crippen LogP contribution in [0.5, 0.6) is 0 Å². The second kappa shape index (κ2) is 5.72. The summed E-state index contributed by atoms with van der Waals surface area (Å²) in [4.78, 5) is 2.71. The minimum atomic E-state index is 0.809. The molecular weight excluding hydrogens is 240 g/mol. The molecule has 0 radical (unpaired) electrons. The molecule has 1 aromatic rings. The Labute approximate surface area is 114 Å². The van der Waals surface area contributed by atoms with Gasteiger partial charge in [0.1, 0.15) is 0 Å². The molecule has 0 spiro atoms. The minimum Gasteiger partial charge on any atom is -0.311 e. The molecule has 2 saturated heterocycles. The Hall–Kier alpha value is -0.380. The van der Waals surface area contributed by atoms with Gasteiger partial charge in [-0.25, -0.2) is 0 Å². The predicted molar refractivity (Wildman–Crippen MR) is 78.2 cm³/mol. The number of thiophene rings is 1. The Balaban J connectivity index is 1.55. The van der Waals surface area contributed by atoms with Crippen molar-refractivity contribution in [1.82, 2.24) is 10.2 Å². The number of hydrogen-bond acceptors (Lipinski definition) is 3. The largest absolute Gasteiger partial charge is 0.311 e. The summed E-state index contributed by atoms with van der Waals surface area (Å²) in [6, 6.07) is 4.71. The summed E-state index contributed by atoms with van der Waals surface area (Å²) in [6.07, 6.45) is 6.77. The molecule has 0 amide bonds. The van der Waals surface area contributed by atoms with Crippen LogP contribution in [0.2, 0.25) is 0 Å². The monoisotopic (exact) mass is 264 g/mol. The van der Waals surface area contributed by atoms with Crippen molar-refractivity contribution in [2.45, 2.75) is 57.2 Å². The third-order valence-corrected chi connectivity index (χ3v) is 5.37. The van der Waals surface area contributed by atoms with Crippen LogP contribution in [0, 0.1) is 0 Å². The van der Waals surface area contributed by atoms with E-state index in [1.54, 1.807) is 0 Å². The molecule has 0 saturated carbocycles. The van der Waals surface area contributed by atoms with Crippen molar-refractivity contribution in [3.05, 3.63) is 22.4 Å². The molecule has 2 atom stereocenters. The van der Waals surface area contributed by atoms with Crippen LogP contribution in [-0.4, -0.2) is 36.1 Å². The summed E-state index contributed by atoms with van der Waals surface area (Å²) < 4.78 is 0. The second-order valence-electron chi connectivity index (χ2n) is 5.77. The summed E-state index contributed by atoms with van der Waals surface area (Å²) in [5, 5.41) is 8.23. The van der Waals surface area contributed by atoms with Crippen LogP contribution >= 0.6 is 11.3 Å².